The van der Waals surface area contributed by atoms with Crippen molar-refractivity contribution >= 4 is 5.97 Å². The summed E-state index contributed by atoms with van der Waals surface area (Å²) in [5.74, 6) is 0.618. The molecule has 0 saturated heterocycles. The summed E-state index contributed by atoms with van der Waals surface area (Å²) in [7, 11) is 0. The van der Waals surface area contributed by atoms with Crippen molar-refractivity contribution < 1.29 is 9.53 Å². The quantitative estimate of drug-likeness (QED) is 0.561. The lowest BCUT2D eigenvalue weighted by atomic mass is 9.89. The standard InChI is InChI=1S/C21H25NO2/c1-2-6-16-9-14-20(22-15-16)17-10-12-19(13-11-17)24-21(23)18-7-4-3-5-8-18/h9-15,18H,2-8H2,1H3. The summed E-state index contributed by atoms with van der Waals surface area (Å²) in [6.07, 6.45) is 9.57. The SMILES string of the molecule is CCCc1ccc(-c2ccc(OC(=O)C3CCCCC3)cc2)nc1. The summed E-state index contributed by atoms with van der Waals surface area (Å²) in [6, 6.07) is 11.8. The van der Waals surface area contributed by atoms with Crippen LogP contribution < -0.4 is 4.74 Å². The van der Waals surface area contributed by atoms with Crippen LogP contribution in [-0.2, 0) is 11.2 Å². The highest BCUT2D eigenvalue weighted by atomic mass is 16.5. The lowest BCUT2D eigenvalue weighted by Crippen LogP contribution is -2.22. The van der Waals surface area contributed by atoms with Gasteiger partial charge in [0.1, 0.15) is 5.75 Å². The zero-order chi connectivity index (χ0) is 16.8. The topological polar surface area (TPSA) is 39.2 Å². The van der Waals surface area contributed by atoms with Crippen molar-refractivity contribution in [1.29, 1.82) is 0 Å². The number of ether oxygens (including phenoxy) is 1. The second kappa shape index (κ2) is 8.09. The molecular weight excluding hydrogens is 298 g/mol. The number of esters is 1. The molecule has 24 heavy (non-hydrogen) atoms. The van der Waals surface area contributed by atoms with Crippen LogP contribution in [0, 0.1) is 5.92 Å². The van der Waals surface area contributed by atoms with Gasteiger partial charge in [-0.2, -0.15) is 0 Å². The molecule has 126 valence electrons. The van der Waals surface area contributed by atoms with E-state index in [0.29, 0.717) is 5.75 Å². The second-order valence-electron chi connectivity index (χ2n) is 6.58. The van der Waals surface area contributed by atoms with Crippen molar-refractivity contribution in [3.8, 4) is 17.0 Å². The van der Waals surface area contributed by atoms with Crippen LogP contribution in [0.25, 0.3) is 11.3 Å². The summed E-state index contributed by atoms with van der Waals surface area (Å²) in [4.78, 5) is 16.7. The van der Waals surface area contributed by atoms with E-state index in [4.69, 9.17) is 4.74 Å². The Balaban J connectivity index is 1.63. The summed E-state index contributed by atoms with van der Waals surface area (Å²) in [6.45, 7) is 2.17. The molecule has 1 saturated carbocycles. The number of nitrogens with zero attached hydrogens (tertiary/aromatic N) is 1. The average molecular weight is 323 g/mol. The van der Waals surface area contributed by atoms with Gasteiger partial charge in [0.05, 0.1) is 11.6 Å². The summed E-state index contributed by atoms with van der Waals surface area (Å²) in [5, 5.41) is 0. The van der Waals surface area contributed by atoms with Gasteiger partial charge in [0.15, 0.2) is 0 Å². The first kappa shape index (κ1) is 16.7. The highest BCUT2D eigenvalue weighted by Crippen LogP contribution is 2.26. The van der Waals surface area contributed by atoms with Gasteiger partial charge in [-0.25, -0.2) is 0 Å². The number of benzene rings is 1. The van der Waals surface area contributed by atoms with Gasteiger partial charge >= 0.3 is 5.97 Å². The number of pyridine rings is 1. The van der Waals surface area contributed by atoms with Crippen LogP contribution in [-0.4, -0.2) is 11.0 Å². The van der Waals surface area contributed by atoms with Crippen molar-refractivity contribution in [2.75, 3.05) is 0 Å². The molecule has 1 heterocycles. The van der Waals surface area contributed by atoms with E-state index >= 15 is 0 Å². The Morgan fingerprint density at radius 1 is 1.08 bits per heavy atom. The molecule has 3 rings (SSSR count). The summed E-state index contributed by atoms with van der Waals surface area (Å²) >= 11 is 0. The van der Waals surface area contributed by atoms with Gasteiger partial charge in [-0.05, 0) is 55.2 Å². The number of carbonyl (C=O) groups is 1. The van der Waals surface area contributed by atoms with Gasteiger partial charge in [0.25, 0.3) is 0 Å². The maximum absolute atomic E-state index is 12.2. The Morgan fingerprint density at radius 2 is 1.83 bits per heavy atom. The lowest BCUT2D eigenvalue weighted by molar-refractivity contribution is -0.139. The molecule has 0 amide bonds. The molecule has 0 aliphatic heterocycles. The van der Waals surface area contributed by atoms with Crippen LogP contribution >= 0.6 is 0 Å². The van der Waals surface area contributed by atoms with Crippen LogP contribution in [0.2, 0.25) is 0 Å². The van der Waals surface area contributed by atoms with Crippen LogP contribution in [0.4, 0.5) is 0 Å². The lowest BCUT2D eigenvalue weighted by Gasteiger charge is -2.19. The van der Waals surface area contributed by atoms with Crippen molar-refractivity contribution in [3.63, 3.8) is 0 Å². The molecule has 0 unspecified atom stereocenters. The second-order valence-corrected chi connectivity index (χ2v) is 6.58. The van der Waals surface area contributed by atoms with Crippen LogP contribution in [0.3, 0.4) is 0 Å². The molecule has 3 heteroatoms. The summed E-state index contributed by atoms with van der Waals surface area (Å²) < 4.78 is 5.54. The van der Waals surface area contributed by atoms with E-state index in [-0.39, 0.29) is 11.9 Å². The maximum Gasteiger partial charge on any atom is 0.314 e. The van der Waals surface area contributed by atoms with E-state index in [1.807, 2.05) is 36.5 Å². The molecule has 1 aromatic heterocycles. The third-order valence-corrected chi connectivity index (χ3v) is 4.67. The minimum absolute atomic E-state index is 0.0752. The minimum atomic E-state index is -0.0792. The van der Waals surface area contributed by atoms with Gasteiger partial charge in [-0.3, -0.25) is 9.78 Å². The maximum atomic E-state index is 12.2. The Bertz CT molecular complexity index is 655. The van der Waals surface area contributed by atoms with Gasteiger partial charge in [0.2, 0.25) is 0 Å². The van der Waals surface area contributed by atoms with Crippen molar-refractivity contribution in [1.82, 2.24) is 4.98 Å². The van der Waals surface area contributed by atoms with E-state index in [1.54, 1.807) is 0 Å². The molecule has 0 N–H and O–H groups in total. The van der Waals surface area contributed by atoms with Gasteiger partial charge in [-0.1, -0.05) is 38.7 Å². The first-order chi connectivity index (χ1) is 11.8. The Hall–Kier alpha value is -2.16. The van der Waals surface area contributed by atoms with Crippen LogP contribution in [0.5, 0.6) is 5.75 Å². The first-order valence-electron chi connectivity index (χ1n) is 9.03. The fourth-order valence-corrected chi connectivity index (χ4v) is 3.26. The van der Waals surface area contributed by atoms with Crippen molar-refractivity contribution in [2.24, 2.45) is 5.92 Å². The predicted molar refractivity (Wildman–Crippen MR) is 95.9 cm³/mol. The van der Waals surface area contributed by atoms with E-state index in [1.165, 1.54) is 12.0 Å². The van der Waals surface area contributed by atoms with Gasteiger partial charge in [-0.15, -0.1) is 0 Å². The molecule has 3 nitrogen and oxygen atoms in total. The summed E-state index contributed by atoms with van der Waals surface area (Å²) in [5.41, 5.74) is 3.25. The molecule has 2 aromatic rings. The van der Waals surface area contributed by atoms with E-state index in [2.05, 4.69) is 18.0 Å². The molecule has 0 atom stereocenters. The van der Waals surface area contributed by atoms with Crippen LogP contribution in [0.1, 0.15) is 51.0 Å². The monoisotopic (exact) mass is 323 g/mol. The first-order valence-corrected chi connectivity index (χ1v) is 9.03. The zero-order valence-corrected chi connectivity index (χ0v) is 14.3. The molecule has 0 bridgehead atoms. The highest BCUT2D eigenvalue weighted by molar-refractivity contribution is 5.75. The number of rotatable bonds is 5. The molecule has 1 aromatic carbocycles. The van der Waals surface area contributed by atoms with E-state index < -0.39 is 0 Å². The Kier molecular flexibility index (Phi) is 5.63. The van der Waals surface area contributed by atoms with E-state index in [9.17, 15) is 4.79 Å². The Labute approximate surface area is 144 Å². The number of hydrogen-bond donors (Lipinski definition) is 0. The molecule has 1 aliphatic rings. The average Bonchev–Trinajstić information content (AvgIpc) is 2.64. The third-order valence-electron chi connectivity index (χ3n) is 4.67. The predicted octanol–water partition coefficient (Wildman–Crippen LogP) is 5.19. The Morgan fingerprint density at radius 3 is 2.46 bits per heavy atom. The minimum Gasteiger partial charge on any atom is -0.426 e. The number of hydrogen-bond acceptors (Lipinski definition) is 3. The largest absolute Gasteiger partial charge is 0.426 e. The number of carbonyl (C=O) groups excluding carboxylic acids is 1. The number of aryl methyl sites for hydroxylation is 1. The molecule has 1 aliphatic carbocycles. The van der Waals surface area contributed by atoms with Crippen molar-refractivity contribution in [3.05, 3.63) is 48.2 Å². The number of aromatic nitrogens is 1. The van der Waals surface area contributed by atoms with Gasteiger partial charge in [0, 0.05) is 11.8 Å². The highest BCUT2D eigenvalue weighted by Gasteiger charge is 2.22. The molecule has 0 radical (unpaired) electrons. The smallest absolute Gasteiger partial charge is 0.314 e. The van der Waals surface area contributed by atoms with Crippen molar-refractivity contribution in [2.45, 2.75) is 51.9 Å². The zero-order valence-electron chi connectivity index (χ0n) is 14.3. The fraction of sp³-hybridized carbons (Fsp3) is 0.429. The fourth-order valence-electron chi connectivity index (χ4n) is 3.26. The molecule has 0 spiro atoms. The molecule has 1 fully saturated rings. The van der Waals surface area contributed by atoms with Gasteiger partial charge < -0.3 is 4.74 Å². The third kappa shape index (κ3) is 4.22. The van der Waals surface area contributed by atoms with Crippen LogP contribution in [0.15, 0.2) is 42.6 Å². The molecular formula is C21H25NO2. The van der Waals surface area contributed by atoms with E-state index in [0.717, 1.165) is 49.8 Å². The normalized spacial score (nSPS) is 15.2.